The maximum Gasteiger partial charge on any atom is 0.282 e. The van der Waals surface area contributed by atoms with Crippen LogP contribution in [0.15, 0.2) is 53.9 Å². The lowest BCUT2D eigenvalue weighted by Crippen LogP contribution is -2.22. The molecule has 0 radical (unpaired) electrons. The lowest BCUT2D eigenvalue weighted by Gasteiger charge is -2.03. The van der Waals surface area contributed by atoms with E-state index in [1.165, 1.54) is 21.6 Å². The van der Waals surface area contributed by atoms with Gasteiger partial charge >= 0.3 is 0 Å². The average Bonchev–Trinajstić information content (AvgIpc) is 3.35. The molecule has 0 saturated heterocycles. The summed E-state index contributed by atoms with van der Waals surface area (Å²) in [5.41, 5.74) is 3.25. The van der Waals surface area contributed by atoms with Gasteiger partial charge in [0.1, 0.15) is 0 Å². The molecule has 0 saturated carbocycles. The highest BCUT2D eigenvalue weighted by Crippen LogP contribution is 2.31. The zero-order valence-corrected chi connectivity index (χ0v) is 17.4. The number of aryl methyl sites for hydroxylation is 1. The number of aromatic nitrogens is 2. The molecule has 28 heavy (non-hydrogen) atoms. The van der Waals surface area contributed by atoms with Crippen LogP contribution in [0.25, 0.3) is 21.2 Å². The Labute approximate surface area is 175 Å². The summed E-state index contributed by atoms with van der Waals surface area (Å²) in [5.74, 6) is -0.255. The summed E-state index contributed by atoms with van der Waals surface area (Å²) < 4.78 is 1.20. The molecule has 1 N–H and O–H groups in total. The van der Waals surface area contributed by atoms with Crippen molar-refractivity contribution in [3.63, 3.8) is 0 Å². The van der Waals surface area contributed by atoms with Gasteiger partial charge in [-0.25, -0.2) is 0 Å². The number of hydrogen-bond acceptors (Lipinski definition) is 5. The van der Waals surface area contributed by atoms with Crippen molar-refractivity contribution in [1.29, 1.82) is 0 Å². The molecule has 0 atom stereocenters. The van der Waals surface area contributed by atoms with Gasteiger partial charge in [0.15, 0.2) is 5.01 Å². The minimum atomic E-state index is -0.255. The van der Waals surface area contributed by atoms with Gasteiger partial charge in [-0.2, -0.15) is 0 Å². The van der Waals surface area contributed by atoms with E-state index in [0.29, 0.717) is 21.6 Å². The first-order valence-corrected chi connectivity index (χ1v) is 10.7. The molecule has 0 spiro atoms. The minimum absolute atomic E-state index is 0.255. The van der Waals surface area contributed by atoms with Crippen molar-refractivity contribution in [1.82, 2.24) is 15.5 Å². The normalized spacial score (nSPS) is 11.7. The second kappa shape index (κ2) is 8.22. The van der Waals surface area contributed by atoms with Crippen LogP contribution in [0.1, 0.15) is 31.5 Å². The van der Waals surface area contributed by atoms with E-state index in [1.807, 2.05) is 49.4 Å². The van der Waals surface area contributed by atoms with E-state index >= 15 is 0 Å². The number of nitrogens with zero attached hydrogens (tertiary/aromatic N) is 2. The van der Waals surface area contributed by atoms with Crippen LogP contribution in [0, 0.1) is 6.92 Å². The van der Waals surface area contributed by atoms with E-state index in [0.717, 1.165) is 16.5 Å². The molecule has 2 aromatic heterocycles. The van der Waals surface area contributed by atoms with Crippen LogP contribution in [0.5, 0.6) is 0 Å². The van der Waals surface area contributed by atoms with Crippen LogP contribution in [-0.4, -0.2) is 16.1 Å². The first-order valence-electron chi connectivity index (χ1n) is 8.61. The largest absolute Gasteiger partial charge is 0.346 e. The predicted octanol–water partition coefficient (Wildman–Crippen LogP) is 5.73. The Kier molecular flexibility index (Phi) is 5.52. The van der Waals surface area contributed by atoms with Crippen molar-refractivity contribution in [2.75, 3.05) is 0 Å². The lowest BCUT2D eigenvalue weighted by atomic mass is 10.1. The quantitative estimate of drug-likeness (QED) is 0.444. The van der Waals surface area contributed by atoms with Crippen molar-refractivity contribution >= 4 is 61.4 Å². The first-order chi connectivity index (χ1) is 13.6. The van der Waals surface area contributed by atoms with Crippen molar-refractivity contribution in [3.05, 3.63) is 80.6 Å². The molecule has 0 aliphatic carbocycles. The fourth-order valence-corrected chi connectivity index (χ4v) is 4.54. The zero-order valence-electron chi connectivity index (χ0n) is 15.0. The number of carbonyl (C=O) groups is 1. The van der Waals surface area contributed by atoms with Crippen LogP contribution < -0.4 is 5.32 Å². The van der Waals surface area contributed by atoms with E-state index in [-0.39, 0.29) is 5.91 Å². The number of benzene rings is 2. The molecule has 0 unspecified atom stereocenters. The van der Waals surface area contributed by atoms with Crippen LogP contribution in [0.2, 0.25) is 0 Å². The monoisotopic (exact) mass is 425 g/mol. The van der Waals surface area contributed by atoms with Gasteiger partial charge in [-0.05, 0) is 41.0 Å². The Morgan fingerprint density at radius 3 is 2.68 bits per heavy atom. The van der Waals surface area contributed by atoms with E-state index < -0.39 is 0 Å². The summed E-state index contributed by atoms with van der Waals surface area (Å²) in [6, 6.07) is 16.2. The third-order valence-electron chi connectivity index (χ3n) is 4.19. The second-order valence-electron chi connectivity index (χ2n) is 6.26. The van der Waals surface area contributed by atoms with Crippen molar-refractivity contribution in [3.8, 4) is 0 Å². The third-order valence-corrected chi connectivity index (χ3v) is 6.53. The number of hydrogen-bond donors (Lipinski definition) is 1. The Hall–Kier alpha value is -2.54. The molecule has 0 fully saturated rings. The number of amides is 1. The van der Waals surface area contributed by atoms with Gasteiger partial charge in [-0.3, -0.25) is 4.79 Å². The van der Waals surface area contributed by atoms with Crippen LogP contribution >= 0.6 is 34.3 Å². The summed E-state index contributed by atoms with van der Waals surface area (Å²) in [6.07, 6.45) is 1.87. The predicted molar refractivity (Wildman–Crippen MR) is 118 cm³/mol. The smallest absolute Gasteiger partial charge is 0.282 e. The average molecular weight is 426 g/mol. The molecule has 2 aromatic carbocycles. The van der Waals surface area contributed by atoms with Crippen LogP contribution in [0.3, 0.4) is 0 Å². The molecule has 4 nitrogen and oxygen atoms in total. The maximum absolute atomic E-state index is 12.3. The molecule has 0 bridgehead atoms. The number of rotatable bonds is 5. The molecule has 2 heterocycles. The van der Waals surface area contributed by atoms with Crippen LogP contribution in [0.4, 0.5) is 0 Å². The maximum atomic E-state index is 12.3. The molecule has 7 heteroatoms. The molecule has 140 valence electrons. The molecule has 0 aliphatic heterocycles. The molecule has 1 amide bonds. The number of nitrogens with one attached hydrogen (secondary N) is 1. The topological polar surface area (TPSA) is 54.9 Å². The fourth-order valence-electron chi connectivity index (χ4n) is 2.68. The van der Waals surface area contributed by atoms with E-state index in [1.54, 1.807) is 11.3 Å². The van der Waals surface area contributed by atoms with Crippen molar-refractivity contribution < 1.29 is 4.79 Å². The van der Waals surface area contributed by atoms with Gasteiger partial charge in [0.2, 0.25) is 5.01 Å². The SMILES string of the molecule is Cc1ccc(CNC(=O)c2nnc(/C(Cl)=C/c3csc4ccccc34)s2)cc1. The Bertz CT molecular complexity index is 1160. The lowest BCUT2D eigenvalue weighted by molar-refractivity contribution is 0.0950. The molecule has 4 aromatic rings. The van der Waals surface area contributed by atoms with Gasteiger partial charge < -0.3 is 5.32 Å². The third kappa shape index (κ3) is 4.14. The van der Waals surface area contributed by atoms with Gasteiger partial charge in [0, 0.05) is 11.2 Å². The van der Waals surface area contributed by atoms with Gasteiger partial charge in [0.25, 0.3) is 5.91 Å². The first kappa shape index (κ1) is 18.8. The highest BCUT2D eigenvalue weighted by molar-refractivity contribution is 7.17. The Balaban J connectivity index is 1.47. The fraction of sp³-hybridized carbons (Fsp3) is 0.0952. The highest BCUT2D eigenvalue weighted by Gasteiger charge is 2.15. The van der Waals surface area contributed by atoms with Crippen LogP contribution in [-0.2, 0) is 6.54 Å². The second-order valence-corrected chi connectivity index (χ2v) is 8.56. The van der Waals surface area contributed by atoms with Gasteiger partial charge in [0.05, 0.1) is 5.03 Å². The minimum Gasteiger partial charge on any atom is -0.346 e. The Morgan fingerprint density at radius 1 is 1.11 bits per heavy atom. The number of thiophene rings is 1. The number of halogens is 1. The summed E-state index contributed by atoms with van der Waals surface area (Å²) in [7, 11) is 0. The van der Waals surface area contributed by atoms with Gasteiger partial charge in [-0.15, -0.1) is 21.5 Å². The standard InChI is InChI=1S/C21H16ClN3OS2/c1-13-6-8-14(9-7-13)11-23-19(26)21-25-24-20(28-21)17(22)10-15-12-27-18-5-3-2-4-16(15)18/h2-10,12H,11H2,1H3,(H,23,26)/b17-10-. The van der Waals surface area contributed by atoms with Crippen molar-refractivity contribution in [2.24, 2.45) is 0 Å². The molecular weight excluding hydrogens is 410 g/mol. The summed E-state index contributed by atoms with van der Waals surface area (Å²) in [5, 5.41) is 15.4. The van der Waals surface area contributed by atoms with Crippen molar-refractivity contribution in [2.45, 2.75) is 13.5 Å². The van der Waals surface area contributed by atoms with E-state index in [9.17, 15) is 4.79 Å². The summed E-state index contributed by atoms with van der Waals surface area (Å²) in [6.45, 7) is 2.47. The number of carbonyl (C=O) groups excluding carboxylic acids is 1. The molecular formula is C21H16ClN3OS2. The Morgan fingerprint density at radius 2 is 1.86 bits per heavy atom. The highest BCUT2D eigenvalue weighted by atomic mass is 35.5. The summed E-state index contributed by atoms with van der Waals surface area (Å²) in [4.78, 5) is 12.3. The molecule has 4 rings (SSSR count). The summed E-state index contributed by atoms with van der Waals surface area (Å²) >= 11 is 9.30. The van der Waals surface area contributed by atoms with E-state index in [4.69, 9.17) is 11.6 Å². The number of fused-ring (bicyclic) bond motifs is 1. The van der Waals surface area contributed by atoms with E-state index in [2.05, 4.69) is 33.0 Å². The molecule has 0 aliphatic rings. The zero-order chi connectivity index (χ0) is 19.5. The van der Waals surface area contributed by atoms with Gasteiger partial charge in [-0.1, -0.05) is 71.0 Å².